The maximum atomic E-state index is 12.5. The molecule has 0 fully saturated rings. The molecule has 2 rings (SSSR count). The lowest BCUT2D eigenvalue weighted by Crippen LogP contribution is -2.14. The molecule has 0 heterocycles. The third-order valence-corrected chi connectivity index (χ3v) is 6.22. The van der Waals surface area contributed by atoms with Crippen LogP contribution in [0, 0.1) is 6.92 Å². The van der Waals surface area contributed by atoms with Crippen LogP contribution < -0.4 is 4.72 Å². The largest absolute Gasteiger partial charge is 0.277 e. The molecule has 1 N–H and O–H groups in total. The zero-order chi connectivity index (χ0) is 14.9. The third kappa shape index (κ3) is 3.44. The molecule has 106 valence electrons. The van der Waals surface area contributed by atoms with Crippen LogP contribution in [0.15, 0.2) is 54.7 Å². The maximum Gasteiger partial charge on any atom is 0.263 e. The van der Waals surface area contributed by atoms with Gasteiger partial charge in [0.1, 0.15) is 4.90 Å². The van der Waals surface area contributed by atoms with Crippen LogP contribution >= 0.6 is 47.8 Å². The third-order valence-electron chi connectivity index (χ3n) is 2.58. The molecule has 0 saturated heterocycles. The fourth-order valence-corrected chi connectivity index (χ4v) is 5.36. The number of benzene rings is 2. The number of nitrogens with one attached hydrogen (secondary N) is 1. The summed E-state index contributed by atoms with van der Waals surface area (Å²) < 4.78 is 29.4. The number of rotatable bonds is 3. The molecule has 0 radical (unpaired) electrons. The van der Waals surface area contributed by atoms with Gasteiger partial charge in [0.25, 0.3) is 10.0 Å². The molecule has 0 bridgehead atoms. The van der Waals surface area contributed by atoms with E-state index < -0.39 is 10.0 Å². The van der Waals surface area contributed by atoms with E-state index in [1.807, 2.05) is 13.0 Å². The minimum Gasteiger partial charge on any atom is -0.277 e. The van der Waals surface area contributed by atoms with Gasteiger partial charge in [0.05, 0.1) is 5.69 Å². The van der Waals surface area contributed by atoms with E-state index in [0.717, 1.165) is 5.56 Å². The Hall–Kier alpha value is -0.370. The number of anilines is 1. The van der Waals surface area contributed by atoms with E-state index in [1.54, 1.807) is 30.3 Å². The van der Waals surface area contributed by atoms with Crippen molar-refractivity contribution in [1.82, 2.24) is 0 Å². The summed E-state index contributed by atoms with van der Waals surface area (Å²) in [5.74, 6) is 0. The average molecular weight is 484 g/mol. The molecule has 0 aliphatic carbocycles. The monoisotopic (exact) mass is 481 g/mol. The first-order chi connectivity index (χ1) is 9.31. The minimum atomic E-state index is -3.66. The first-order valence-corrected chi connectivity index (χ1v) is 9.40. The molecule has 20 heavy (non-hydrogen) atoms. The second-order valence-corrected chi connectivity index (χ2v) is 8.35. The lowest BCUT2D eigenvalue weighted by molar-refractivity contribution is 0.600. The molecule has 0 spiro atoms. The Bertz CT molecular complexity index is 740. The Balaban J connectivity index is 2.46. The summed E-state index contributed by atoms with van der Waals surface area (Å²) in [5, 5.41) is 0. The number of sulfonamides is 1. The molecule has 0 aliphatic heterocycles. The highest BCUT2D eigenvalue weighted by Crippen LogP contribution is 2.33. The van der Waals surface area contributed by atoms with Crippen molar-refractivity contribution < 1.29 is 8.42 Å². The molecule has 2 aromatic rings. The van der Waals surface area contributed by atoms with Gasteiger partial charge < -0.3 is 0 Å². The van der Waals surface area contributed by atoms with E-state index in [9.17, 15) is 8.42 Å². The molecule has 2 aromatic carbocycles. The van der Waals surface area contributed by atoms with Gasteiger partial charge in [-0.25, -0.2) is 8.42 Å². The van der Waals surface area contributed by atoms with Gasteiger partial charge in [0.2, 0.25) is 0 Å². The predicted molar refractivity (Wildman–Crippen MR) is 91.5 cm³/mol. The Morgan fingerprint density at radius 3 is 2.10 bits per heavy atom. The summed E-state index contributed by atoms with van der Waals surface area (Å²) in [7, 11) is -3.66. The number of hydrogen-bond donors (Lipinski definition) is 1. The van der Waals surface area contributed by atoms with Crippen molar-refractivity contribution >= 4 is 63.5 Å². The topological polar surface area (TPSA) is 46.2 Å². The van der Waals surface area contributed by atoms with Crippen LogP contribution in [0.1, 0.15) is 5.56 Å². The average Bonchev–Trinajstić information content (AvgIpc) is 2.33. The van der Waals surface area contributed by atoms with Crippen molar-refractivity contribution in [1.29, 1.82) is 0 Å². The summed E-state index contributed by atoms with van der Waals surface area (Å²) in [6, 6.07) is 10.5. The first kappa shape index (κ1) is 16.0. The smallest absolute Gasteiger partial charge is 0.263 e. The van der Waals surface area contributed by atoms with Crippen molar-refractivity contribution in [3.8, 4) is 0 Å². The highest BCUT2D eigenvalue weighted by atomic mass is 79.9. The highest BCUT2D eigenvalue weighted by molar-refractivity contribution is 9.11. The fraction of sp³-hybridized carbons (Fsp3) is 0.0769. The minimum absolute atomic E-state index is 0.200. The van der Waals surface area contributed by atoms with Crippen molar-refractivity contribution in [2.75, 3.05) is 4.72 Å². The van der Waals surface area contributed by atoms with E-state index in [2.05, 4.69) is 52.5 Å². The number of halogens is 3. The number of para-hydroxylation sites is 1. The zero-order valence-corrected chi connectivity index (χ0v) is 15.9. The Morgan fingerprint density at radius 2 is 1.55 bits per heavy atom. The molecular formula is C13H10Br3NO2S. The predicted octanol–water partition coefficient (Wildman–Crippen LogP) is 5.08. The molecule has 0 atom stereocenters. The second-order valence-electron chi connectivity index (χ2n) is 4.14. The molecule has 0 aromatic heterocycles. The Labute approximate surface area is 143 Å². The molecule has 0 saturated carbocycles. The van der Waals surface area contributed by atoms with Gasteiger partial charge in [-0.1, -0.05) is 12.1 Å². The van der Waals surface area contributed by atoms with Crippen LogP contribution in [0.3, 0.4) is 0 Å². The van der Waals surface area contributed by atoms with Gasteiger partial charge in [-0.2, -0.15) is 0 Å². The van der Waals surface area contributed by atoms with Crippen LogP contribution in [0.25, 0.3) is 0 Å². The second kappa shape index (κ2) is 6.17. The summed E-state index contributed by atoms with van der Waals surface area (Å²) >= 11 is 9.96. The van der Waals surface area contributed by atoms with Crippen molar-refractivity contribution in [3.05, 3.63) is 55.4 Å². The van der Waals surface area contributed by atoms with Gasteiger partial charge in [0.15, 0.2) is 0 Å². The van der Waals surface area contributed by atoms with E-state index >= 15 is 0 Å². The van der Waals surface area contributed by atoms with Crippen molar-refractivity contribution in [2.24, 2.45) is 0 Å². The Kier molecular flexibility index (Phi) is 4.94. The Morgan fingerprint density at radius 1 is 0.950 bits per heavy atom. The highest BCUT2D eigenvalue weighted by Gasteiger charge is 2.20. The fourth-order valence-electron chi connectivity index (χ4n) is 1.61. The molecule has 3 nitrogen and oxygen atoms in total. The van der Waals surface area contributed by atoms with Gasteiger partial charge in [-0.3, -0.25) is 4.72 Å². The van der Waals surface area contributed by atoms with E-state index in [4.69, 9.17) is 0 Å². The van der Waals surface area contributed by atoms with E-state index in [-0.39, 0.29) is 4.90 Å². The normalized spacial score (nSPS) is 11.4. The molecule has 0 amide bonds. The van der Waals surface area contributed by atoms with Gasteiger partial charge in [0, 0.05) is 13.4 Å². The quantitative estimate of drug-likeness (QED) is 0.661. The van der Waals surface area contributed by atoms with Gasteiger partial charge >= 0.3 is 0 Å². The van der Waals surface area contributed by atoms with Gasteiger partial charge in [-0.15, -0.1) is 0 Å². The zero-order valence-electron chi connectivity index (χ0n) is 10.3. The number of hydrogen-bond acceptors (Lipinski definition) is 2. The van der Waals surface area contributed by atoms with E-state index in [1.165, 1.54) is 0 Å². The van der Waals surface area contributed by atoms with Crippen LogP contribution in [0.5, 0.6) is 0 Å². The van der Waals surface area contributed by atoms with Crippen LogP contribution in [-0.4, -0.2) is 8.42 Å². The van der Waals surface area contributed by atoms with Crippen molar-refractivity contribution in [3.63, 3.8) is 0 Å². The van der Waals surface area contributed by atoms with Crippen LogP contribution in [-0.2, 0) is 10.0 Å². The standard InChI is InChI=1S/C13H10Br3NO2S/c1-8-5-6-12(11(16)7-8)20(18,19)17-13-9(14)3-2-4-10(13)15/h2-7,17H,1H3. The lowest BCUT2D eigenvalue weighted by atomic mass is 10.2. The van der Waals surface area contributed by atoms with Crippen LogP contribution in [0.2, 0.25) is 0 Å². The van der Waals surface area contributed by atoms with E-state index in [0.29, 0.717) is 19.1 Å². The summed E-state index contributed by atoms with van der Waals surface area (Å²) in [6.07, 6.45) is 0. The summed E-state index contributed by atoms with van der Waals surface area (Å²) in [6.45, 7) is 1.90. The maximum absolute atomic E-state index is 12.5. The van der Waals surface area contributed by atoms with Gasteiger partial charge in [-0.05, 0) is 84.5 Å². The first-order valence-electron chi connectivity index (χ1n) is 5.54. The SMILES string of the molecule is Cc1ccc(S(=O)(=O)Nc2c(Br)cccc2Br)c(Br)c1. The molecule has 0 aliphatic rings. The molecule has 0 unspecified atom stereocenters. The lowest BCUT2D eigenvalue weighted by Gasteiger charge is -2.13. The number of aryl methyl sites for hydroxylation is 1. The van der Waals surface area contributed by atoms with Crippen LogP contribution in [0.4, 0.5) is 5.69 Å². The van der Waals surface area contributed by atoms with Crippen molar-refractivity contribution in [2.45, 2.75) is 11.8 Å². The summed E-state index contributed by atoms with van der Waals surface area (Å²) in [4.78, 5) is 0.200. The molecular weight excluding hydrogens is 474 g/mol. The molecule has 7 heteroatoms. The summed E-state index contributed by atoms with van der Waals surface area (Å²) in [5.41, 5.74) is 1.46.